The number of anilines is 1. The number of carbonyl (C=O) groups is 1. The Morgan fingerprint density at radius 3 is 2.42 bits per heavy atom. The summed E-state index contributed by atoms with van der Waals surface area (Å²) in [6, 6.07) is 22.2. The Kier molecular flexibility index (Phi) is 4.23. The van der Waals surface area contributed by atoms with Gasteiger partial charge in [-0.05, 0) is 36.2 Å². The summed E-state index contributed by atoms with van der Waals surface area (Å²) in [5, 5.41) is 3.93. The van der Waals surface area contributed by atoms with E-state index in [4.69, 9.17) is 4.42 Å². The third-order valence-electron chi connectivity index (χ3n) is 4.35. The highest BCUT2D eigenvalue weighted by Crippen LogP contribution is 2.21. The van der Waals surface area contributed by atoms with Crippen molar-refractivity contribution in [2.75, 3.05) is 5.32 Å². The molecule has 0 bridgehead atoms. The fourth-order valence-electron chi connectivity index (χ4n) is 3.00. The number of carbonyl (C=O) groups excluding carboxylic acids is 1. The van der Waals surface area contributed by atoms with Gasteiger partial charge >= 0.3 is 0 Å². The Balaban J connectivity index is 1.56. The molecule has 1 aromatic heterocycles. The maximum atomic E-state index is 12.5. The van der Waals surface area contributed by atoms with Crippen molar-refractivity contribution in [3.63, 3.8) is 0 Å². The van der Waals surface area contributed by atoms with E-state index in [9.17, 15) is 9.59 Å². The van der Waals surface area contributed by atoms with Gasteiger partial charge in [0.05, 0.1) is 10.8 Å². The molecule has 0 saturated carbocycles. The van der Waals surface area contributed by atoms with Gasteiger partial charge in [-0.1, -0.05) is 42.5 Å². The van der Waals surface area contributed by atoms with Crippen LogP contribution in [0.1, 0.15) is 12.0 Å². The Hall–Kier alpha value is -3.40. The average Bonchev–Trinajstić information content (AvgIpc) is 2.67. The number of benzene rings is 3. The summed E-state index contributed by atoms with van der Waals surface area (Å²) in [4.78, 5) is 24.7. The predicted octanol–water partition coefficient (Wildman–Crippen LogP) is 4.52. The molecule has 0 unspecified atom stereocenters. The van der Waals surface area contributed by atoms with Crippen LogP contribution in [0.4, 0.5) is 5.69 Å². The van der Waals surface area contributed by atoms with Crippen molar-refractivity contribution < 1.29 is 9.21 Å². The monoisotopic (exact) mass is 343 g/mol. The first-order valence-corrected chi connectivity index (χ1v) is 8.50. The summed E-state index contributed by atoms with van der Waals surface area (Å²) in [5.41, 5.74) is 2.68. The van der Waals surface area contributed by atoms with E-state index >= 15 is 0 Å². The van der Waals surface area contributed by atoms with Gasteiger partial charge < -0.3 is 9.73 Å². The van der Waals surface area contributed by atoms with E-state index in [2.05, 4.69) is 5.32 Å². The molecule has 0 spiro atoms. The third kappa shape index (κ3) is 3.22. The topological polar surface area (TPSA) is 59.3 Å². The lowest BCUT2D eigenvalue weighted by molar-refractivity contribution is -0.116. The molecule has 3 aromatic carbocycles. The molecular weight excluding hydrogens is 326 g/mol. The van der Waals surface area contributed by atoms with E-state index in [1.165, 1.54) is 0 Å². The number of nitrogens with one attached hydrogen (secondary N) is 1. The zero-order valence-electron chi connectivity index (χ0n) is 14.1. The Morgan fingerprint density at radius 2 is 1.58 bits per heavy atom. The molecule has 0 saturated heterocycles. The maximum absolute atomic E-state index is 12.5. The number of aryl methyl sites for hydroxylation is 1. The second kappa shape index (κ2) is 6.84. The first kappa shape index (κ1) is 16.1. The van der Waals surface area contributed by atoms with E-state index in [1.54, 1.807) is 30.3 Å². The van der Waals surface area contributed by atoms with Crippen LogP contribution in [0, 0.1) is 0 Å². The van der Waals surface area contributed by atoms with Crippen LogP contribution in [0.15, 0.2) is 82.0 Å². The smallest absolute Gasteiger partial charge is 0.224 e. The minimum absolute atomic E-state index is 0.0659. The number of fused-ring (bicyclic) bond motifs is 2. The van der Waals surface area contributed by atoms with Gasteiger partial charge in [0.15, 0.2) is 0 Å². The van der Waals surface area contributed by atoms with Crippen molar-refractivity contribution in [3.8, 4) is 0 Å². The standard InChI is InChI=1S/C22H17NO3/c24-21(13-10-15-6-2-1-3-7-15)23-16-11-12-18-20(14-16)26-19-9-5-4-8-17(19)22(18)25/h1-9,11-12,14H,10,13H2,(H,23,24). The molecule has 4 aromatic rings. The molecule has 0 radical (unpaired) electrons. The number of para-hydroxylation sites is 1. The quantitative estimate of drug-likeness (QED) is 0.554. The molecule has 0 atom stereocenters. The highest BCUT2D eigenvalue weighted by molar-refractivity contribution is 5.95. The SMILES string of the molecule is O=C(CCc1ccccc1)Nc1ccc2c(=O)c3ccccc3oc2c1. The second-order valence-corrected chi connectivity index (χ2v) is 6.17. The summed E-state index contributed by atoms with van der Waals surface area (Å²) in [6.07, 6.45) is 1.07. The molecule has 1 amide bonds. The fourth-order valence-corrected chi connectivity index (χ4v) is 3.00. The molecule has 26 heavy (non-hydrogen) atoms. The highest BCUT2D eigenvalue weighted by atomic mass is 16.3. The van der Waals surface area contributed by atoms with E-state index in [-0.39, 0.29) is 11.3 Å². The summed E-state index contributed by atoms with van der Waals surface area (Å²) in [6.45, 7) is 0. The lowest BCUT2D eigenvalue weighted by atomic mass is 10.1. The van der Waals surface area contributed by atoms with Crippen LogP contribution in [-0.2, 0) is 11.2 Å². The predicted molar refractivity (Wildman–Crippen MR) is 103 cm³/mol. The molecule has 0 aliphatic heterocycles. The molecule has 1 N–H and O–H groups in total. The normalized spacial score (nSPS) is 10.9. The van der Waals surface area contributed by atoms with Crippen molar-refractivity contribution in [1.82, 2.24) is 0 Å². The van der Waals surface area contributed by atoms with E-state index in [0.29, 0.717) is 40.5 Å². The van der Waals surface area contributed by atoms with Crippen molar-refractivity contribution >= 4 is 33.5 Å². The van der Waals surface area contributed by atoms with Crippen molar-refractivity contribution in [1.29, 1.82) is 0 Å². The zero-order chi connectivity index (χ0) is 17.9. The van der Waals surface area contributed by atoms with Crippen LogP contribution in [0.3, 0.4) is 0 Å². The van der Waals surface area contributed by atoms with Crippen LogP contribution in [-0.4, -0.2) is 5.91 Å². The zero-order valence-corrected chi connectivity index (χ0v) is 14.1. The minimum Gasteiger partial charge on any atom is -0.456 e. The lowest BCUT2D eigenvalue weighted by Gasteiger charge is -2.07. The van der Waals surface area contributed by atoms with Gasteiger partial charge in [0, 0.05) is 18.2 Å². The van der Waals surface area contributed by atoms with Gasteiger partial charge in [-0.2, -0.15) is 0 Å². The summed E-state index contributed by atoms with van der Waals surface area (Å²) in [7, 11) is 0. The minimum atomic E-state index is -0.0728. The summed E-state index contributed by atoms with van der Waals surface area (Å²) >= 11 is 0. The molecule has 4 rings (SSSR count). The average molecular weight is 343 g/mol. The van der Waals surface area contributed by atoms with E-state index in [0.717, 1.165) is 5.56 Å². The molecule has 0 aliphatic rings. The fraction of sp³-hybridized carbons (Fsp3) is 0.0909. The number of amides is 1. The molecule has 0 aliphatic carbocycles. The largest absolute Gasteiger partial charge is 0.456 e. The Bertz CT molecular complexity index is 1150. The van der Waals surface area contributed by atoms with Gasteiger partial charge in [-0.25, -0.2) is 0 Å². The van der Waals surface area contributed by atoms with Gasteiger partial charge in [0.25, 0.3) is 0 Å². The molecule has 4 nitrogen and oxygen atoms in total. The van der Waals surface area contributed by atoms with Crippen LogP contribution >= 0.6 is 0 Å². The van der Waals surface area contributed by atoms with Crippen molar-refractivity contribution in [2.24, 2.45) is 0 Å². The van der Waals surface area contributed by atoms with Crippen LogP contribution < -0.4 is 10.7 Å². The summed E-state index contributed by atoms with van der Waals surface area (Å²) in [5.74, 6) is -0.0728. The van der Waals surface area contributed by atoms with Crippen LogP contribution in [0.25, 0.3) is 21.9 Å². The Labute approximate surface area is 150 Å². The van der Waals surface area contributed by atoms with E-state index < -0.39 is 0 Å². The molecule has 1 heterocycles. The van der Waals surface area contributed by atoms with Crippen molar-refractivity contribution in [2.45, 2.75) is 12.8 Å². The number of rotatable bonds is 4. The molecule has 0 fully saturated rings. The van der Waals surface area contributed by atoms with E-state index in [1.807, 2.05) is 42.5 Å². The third-order valence-corrected chi connectivity index (χ3v) is 4.35. The van der Waals surface area contributed by atoms with Gasteiger partial charge in [0.1, 0.15) is 11.2 Å². The summed E-state index contributed by atoms with van der Waals surface area (Å²) < 4.78 is 5.83. The molecular formula is C22H17NO3. The van der Waals surface area contributed by atoms with Crippen LogP contribution in [0.5, 0.6) is 0 Å². The maximum Gasteiger partial charge on any atom is 0.224 e. The molecule has 128 valence electrons. The number of hydrogen-bond acceptors (Lipinski definition) is 3. The Morgan fingerprint density at radius 1 is 0.846 bits per heavy atom. The number of hydrogen-bond donors (Lipinski definition) is 1. The van der Waals surface area contributed by atoms with Gasteiger partial charge in [-0.3, -0.25) is 9.59 Å². The molecule has 4 heteroatoms. The highest BCUT2D eigenvalue weighted by Gasteiger charge is 2.09. The first-order chi connectivity index (χ1) is 12.7. The second-order valence-electron chi connectivity index (χ2n) is 6.17. The van der Waals surface area contributed by atoms with Gasteiger partial charge in [-0.15, -0.1) is 0 Å². The van der Waals surface area contributed by atoms with Crippen LogP contribution in [0.2, 0.25) is 0 Å². The first-order valence-electron chi connectivity index (χ1n) is 8.50. The van der Waals surface area contributed by atoms with Crippen molar-refractivity contribution in [3.05, 3.63) is 88.6 Å². The lowest BCUT2D eigenvalue weighted by Crippen LogP contribution is -2.12. The van der Waals surface area contributed by atoms with Gasteiger partial charge in [0.2, 0.25) is 11.3 Å².